The lowest BCUT2D eigenvalue weighted by Crippen LogP contribution is -2.26. The molecule has 4 nitrogen and oxygen atoms in total. The molecule has 104 valence electrons. The summed E-state index contributed by atoms with van der Waals surface area (Å²) in [7, 11) is 0. The van der Waals surface area contributed by atoms with Crippen LogP contribution in [0.2, 0.25) is 5.02 Å². The molecule has 0 radical (unpaired) electrons. The number of Topliss-reactive ketones (excluding diaryl/α,β-unsaturated/α-hetero) is 1. The number of nitrogens with two attached hydrogens (primary N) is 2. The van der Waals surface area contributed by atoms with Gasteiger partial charge in [-0.2, -0.15) is 0 Å². The van der Waals surface area contributed by atoms with Crippen molar-refractivity contribution in [3.8, 4) is 0 Å². The third kappa shape index (κ3) is 2.98. The van der Waals surface area contributed by atoms with Crippen molar-refractivity contribution in [3.63, 3.8) is 0 Å². The van der Waals surface area contributed by atoms with Crippen LogP contribution in [0.15, 0.2) is 42.6 Å². The van der Waals surface area contributed by atoms with Crippen LogP contribution in [-0.4, -0.2) is 10.8 Å². The number of rotatable bonds is 4. The smallest absolute Gasteiger partial charge is 0.171 e. The van der Waals surface area contributed by atoms with Crippen LogP contribution in [0.5, 0.6) is 0 Å². The summed E-state index contributed by atoms with van der Waals surface area (Å²) in [5.74, 6) is -0.402. The highest BCUT2D eigenvalue weighted by Gasteiger charge is 2.25. The zero-order valence-corrected chi connectivity index (χ0v) is 11.8. The zero-order chi connectivity index (χ0) is 14.7. The van der Waals surface area contributed by atoms with E-state index in [0.717, 1.165) is 5.56 Å². The van der Waals surface area contributed by atoms with Crippen LogP contribution in [0.25, 0.3) is 0 Å². The van der Waals surface area contributed by atoms with E-state index in [2.05, 4.69) is 4.98 Å². The van der Waals surface area contributed by atoms with E-state index in [1.54, 1.807) is 6.92 Å². The first-order valence-electron chi connectivity index (χ1n) is 6.26. The normalized spacial score (nSPS) is 13.8. The highest BCUT2D eigenvalue weighted by Crippen LogP contribution is 2.25. The number of nitrogen functional groups attached to an aromatic ring is 1. The molecule has 0 aliphatic carbocycles. The molecule has 2 atom stereocenters. The first-order valence-corrected chi connectivity index (χ1v) is 6.64. The van der Waals surface area contributed by atoms with E-state index < -0.39 is 12.0 Å². The van der Waals surface area contributed by atoms with Gasteiger partial charge in [-0.15, -0.1) is 0 Å². The molecule has 5 heteroatoms. The van der Waals surface area contributed by atoms with Crippen molar-refractivity contribution in [2.24, 2.45) is 11.7 Å². The maximum atomic E-state index is 12.5. The van der Waals surface area contributed by atoms with Gasteiger partial charge in [-0.1, -0.05) is 48.9 Å². The molecule has 0 bridgehead atoms. The van der Waals surface area contributed by atoms with Crippen LogP contribution in [0.3, 0.4) is 0 Å². The standard InChI is InChI=1S/C15H16ClN3O/c1-9(13(17)10-5-3-2-4-6-10)14(20)12-7-11(16)8-19-15(12)18/h2-9,13H,17H2,1H3,(H2,18,19). The molecule has 2 rings (SSSR count). The Morgan fingerprint density at radius 1 is 1.30 bits per heavy atom. The van der Waals surface area contributed by atoms with E-state index >= 15 is 0 Å². The Morgan fingerprint density at radius 3 is 2.60 bits per heavy atom. The minimum absolute atomic E-state index is 0.158. The summed E-state index contributed by atoms with van der Waals surface area (Å²) in [4.78, 5) is 16.4. The molecule has 0 aliphatic heterocycles. The summed E-state index contributed by atoms with van der Waals surface area (Å²) in [6.07, 6.45) is 1.41. The van der Waals surface area contributed by atoms with Crippen LogP contribution in [0.4, 0.5) is 5.82 Å². The summed E-state index contributed by atoms with van der Waals surface area (Å²) < 4.78 is 0. The molecule has 0 saturated carbocycles. The van der Waals surface area contributed by atoms with E-state index in [9.17, 15) is 4.79 Å². The van der Waals surface area contributed by atoms with Crippen LogP contribution in [0.1, 0.15) is 28.9 Å². The van der Waals surface area contributed by atoms with Gasteiger partial charge in [0, 0.05) is 18.2 Å². The van der Waals surface area contributed by atoms with Crippen molar-refractivity contribution in [1.29, 1.82) is 0 Å². The summed E-state index contributed by atoms with van der Waals surface area (Å²) in [5, 5.41) is 0.378. The van der Waals surface area contributed by atoms with Gasteiger partial charge in [0.15, 0.2) is 5.78 Å². The molecule has 4 N–H and O–H groups in total. The number of carbonyl (C=O) groups is 1. The number of hydrogen-bond acceptors (Lipinski definition) is 4. The third-order valence-corrected chi connectivity index (χ3v) is 3.49. The average Bonchev–Trinajstić information content (AvgIpc) is 2.48. The zero-order valence-electron chi connectivity index (χ0n) is 11.1. The summed E-state index contributed by atoms with van der Waals surface area (Å²) in [6, 6.07) is 10.6. The lowest BCUT2D eigenvalue weighted by molar-refractivity contribution is 0.0913. The van der Waals surface area contributed by atoms with Crippen LogP contribution < -0.4 is 11.5 Å². The van der Waals surface area contributed by atoms with Crippen molar-refractivity contribution in [3.05, 3.63) is 58.7 Å². The maximum Gasteiger partial charge on any atom is 0.171 e. The van der Waals surface area contributed by atoms with Gasteiger partial charge in [0.1, 0.15) is 5.82 Å². The average molecular weight is 290 g/mol. The number of ketones is 1. The summed E-state index contributed by atoms with van der Waals surface area (Å²) >= 11 is 5.86. The Bertz CT molecular complexity index is 616. The lowest BCUT2D eigenvalue weighted by Gasteiger charge is -2.19. The molecule has 1 heterocycles. The molecular formula is C15H16ClN3O. The number of anilines is 1. The molecule has 0 saturated heterocycles. The van der Waals surface area contributed by atoms with E-state index in [1.807, 2.05) is 30.3 Å². The largest absolute Gasteiger partial charge is 0.383 e. The van der Waals surface area contributed by atoms with Crippen molar-refractivity contribution in [1.82, 2.24) is 4.98 Å². The van der Waals surface area contributed by atoms with Crippen LogP contribution >= 0.6 is 11.6 Å². The number of carbonyl (C=O) groups excluding carboxylic acids is 1. The van der Waals surface area contributed by atoms with Crippen molar-refractivity contribution >= 4 is 23.2 Å². The Hall–Kier alpha value is -1.91. The topological polar surface area (TPSA) is 82.0 Å². The number of hydrogen-bond donors (Lipinski definition) is 2. The number of halogens is 1. The van der Waals surface area contributed by atoms with Crippen LogP contribution in [-0.2, 0) is 0 Å². The van der Waals surface area contributed by atoms with Crippen molar-refractivity contribution in [2.75, 3.05) is 5.73 Å². The Balaban J connectivity index is 2.27. The molecule has 2 unspecified atom stereocenters. The fraction of sp³-hybridized carbons (Fsp3) is 0.200. The molecule has 1 aromatic heterocycles. The number of nitrogens with zero attached hydrogens (tertiary/aromatic N) is 1. The highest BCUT2D eigenvalue weighted by molar-refractivity contribution is 6.31. The number of pyridine rings is 1. The van der Waals surface area contributed by atoms with Gasteiger partial charge in [0.05, 0.1) is 10.6 Å². The molecule has 0 fully saturated rings. The third-order valence-electron chi connectivity index (χ3n) is 3.29. The maximum absolute atomic E-state index is 12.5. The predicted octanol–water partition coefficient (Wildman–Crippen LogP) is 2.84. The van der Waals surface area contributed by atoms with Crippen molar-refractivity contribution in [2.45, 2.75) is 13.0 Å². The summed E-state index contributed by atoms with van der Waals surface area (Å²) in [5.41, 5.74) is 13.1. The molecule has 1 aromatic carbocycles. The Labute approximate surface area is 122 Å². The van der Waals surface area contributed by atoms with Gasteiger partial charge in [0.25, 0.3) is 0 Å². The first-order chi connectivity index (χ1) is 9.50. The molecule has 0 spiro atoms. The van der Waals surface area contributed by atoms with E-state index in [0.29, 0.717) is 10.6 Å². The molecule has 2 aromatic rings. The van der Waals surface area contributed by atoms with E-state index in [1.165, 1.54) is 12.3 Å². The SMILES string of the molecule is CC(C(=O)c1cc(Cl)cnc1N)C(N)c1ccccc1. The lowest BCUT2D eigenvalue weighted by atomic mass is 9.89. The van der Waals surface area contributed by atoms with Gasteiger partial charge in [0.2, 0.25) is 0 Å². The molecular weight excluding hydrogens is 274 g/mol. The number of benzene rings is 1. The van der Waals surface area contributed by atoms with E-state index in [4.69, 9.17) is 23.1 Å². The van der Waals surface area contributed by atoms with Crippen molar-refractivity contribution < 1.29 is 4.79 Å². The minimum atomic E-state index is -0.417. The fourth-order valence-corrected chi connectivity index (χ4v) is 2.18. The van der Waals surface area contributed by atoms with E-state index in [-0.39, 0.29) is 11.6 Å². The second-order valence-electron chi connectivity index (χ2n) is 4.68. The van der Waals surface area contributed by atoms with Gasteiger partial charge in [-0.25, -0.2) is 4.98 Å². The molecule has 20 heavy (non-hydrogen) atoms. The molecule has 0 aliphatic rings. The van der Waals surface area contributed by atoms with Gasteiger partial charge >= 0.3 is 0 Å². The summed E-state index contributed by atoms with van der Waals surface area (Å²) in [6.45, 7) is 1.78. The Kier molecular flexibility index (Phi) is 4.37. The highest BCUT2D eigenvalue weighted by atomic mass is 35.5. The predicted molar refractivity (Wildman–Crippen MR) is 80.5 cm³/mol. The number of aromatic nitrogens is 1. The van der Waals surface area contributed by atoms with Gasteiger partial charge in [-0.05, 0) is 11.6 Å². The van der Waals surface area contributed by atoms with Gasteiger partial charge in [-0.3, -0.25) is 4.79 Å². The van der Waals surface area contributed by atoms with Gasteiger partial charge < -0.3 is 11.5 Å². The van der Waals surface area contributed by atoms with Crippen LogP contribution in [0, 0.1) is 5.92 Å². The fourth-order valence-electron chi connectivity index (χ4n) is 2.02. The second kappa shape index (κ2) is 6.03. The Morgan fingerprint density at radius 2 is 1.95 bits per heavy atom. The molecule has 0 amide bonds. The second-order valence-corrected chi connectivity index (χ2v) is 5.11. The first kappa shape index (κ1) is 14.5. The minimum Gasteiger partial charge on any atom is -0.383 e. The monoisotopic (exact) mass is 289 g/mol. The quantitative estimate of drug-likeness (QED) is 0.848.